The molecule has 0 N–H and O–H groups in total. The van der Waals surface area contributed by atoms with Gasteiger partial charge < -0.3 is 4.90 Å². The quantitative estimate of drug-likeness (QED) is 0.506. The number of amides is 1. The van der Waals surface area contributed by atoms with Crippen LogP contribution >= 0.6 is 0 Å². The summed E-state index contributed by atoms with van der Waals surface area (Å²) >= 11 is 0. The minimum atomic E-state index is -0.0560. The highest BCUT2D eigenvalue weighted by atomic mass is 16.2. The fourth-order valence-corrected chi connectivity index (χ4v) is 4.05. The van der Waals surface area contributed by atoms with Crippen LogP contribution in [-0.2, 0) is 20.6 Å². The molecule has 0 bridgehead atoms. The number of carbonyl (C=O) groups excluding carboxylic acids is 1. The van der Waals surface area contributed by atoms with Crippen molar-refractivity contribution in [2.45, 2.75) is 34.2 Å². The van der Waals surface area contributed by atoms with Gasteiger partial charge in [0.25, 0.3) is 5.91 Å². The van der Waals surface area contributed by atoms with Crippen molar-refractivity contribution in [3.8, 4) is 11.3 Å². The van der Waals surface area contributed by atoms with E-state index in [4.69, 9.17) is 4.98 Å². The molecule has 0 aliphatic carbocycles. The molecule has 0 unspecified atom stereocenters. The highest BCUT2D eigenvalue weighted by Gasteiger charge is 2.23. The van der Waals surface area contributed by atoms with Gasteiger partial charge in [0, 0.05) is 44.5 Å². The van der Waals surface area contributed by atoms with Gasteiger partial charge in [-0.15, -0.1) is 0 Å². The standard InChI is InChI=1S/C24H28N6O/c1-14-8-10-18(11-9-14)21-12-19(22-16(3)27-30(7)23(22)25-21)24(31)28(5)13-20-15(2)26-29(6)17(20)4/h8-12H,13H2,1-7H3. The number of nitrogens with zero attached hydrogens (tertiary/aromatic N) is 6. The van der Waals surface area contributed by atoms with Crippen LogP contribution in [0.5, 0.6) is 0 Å². The summed E-state index contributed by atoms with van der Waals surface area (Å²) in [5.74, 6) is -0.0560. The number of carbonyl (C=O) groups is 1. The summed E-state index contributed by atoms with van der Waals surface area (Å²) in [4.78, 5) is 20.2. The highest BCUT2D eigenvalue weighted by Crippen LogP contribution is 2.28. The first-order valence-corrected chi connectivity index (χ1v) is 10.3. The van der Waals surface area contributed by atoms with Crippen LogP contribution in [0.25, 0.3) is 22.3 Å². The van der Waals surface area contributed by atoms with Gasteiger partial charge in [-0.25, -0.2) is 4.98 Å². The lowest BCUT2D eigenvalue weighted by atomic mass is 10.0. The summed E-state index contributed by atoms with van der Waals surface area (Å²) in [6.45, 7) is 8.47. The molecule has 3 aromatic heterocycles. The third-order valence-corrected chi connectivity index (χ3v) is 5.95. The zero-order chi connectivity index (χ0) is 22.4. The molecule has 7 nitrogen and oxygen atoms in total. The van der Waals surface area contributed by atoms with Crippen molar-refractivity contribution in [3.63, 3.8) is 0 Å². The van der Waals surface area contributed by atoms with Crippen molar-refractivity contribution in [1.82, 2.24) is 29.4 Å². The average molecular weight is 417 g/mol. The van der Waals surface area contributed by atoms with E-state index in [0.717, 1.165) is 39.3 Å². The van der Waals surface area contributed by atoms with Gasteiger partial charge in [0.15, 0.2) is 5.65 Å². The highest BCUT2D eigenvalue weighted by molar-refractivity contribution is 6.07. The molecular formula is C24H28N6O. The number of hydrogen-bond donors (Lipinski definition) is 0. The van der Waals surface area contributed by atoms with Crippen LogP contribution in [0.3, 0.4) is 0 Å². The Hall–Kier alpha value is -3.48. The second-order valence-electron chi connectivity index (χ2n) is 8.26. The second-order valence-corrected chi connectivity index (χ2v) is 8.26. The van der Waals surface area contributed by atoms with E-state index in [0.29, 0.717) is 17.8 Å². The van der Waals surface area contributed by atoms with Crippen LogP contribution in [0.1, 0.15) is 38.6 Å². The Morgan fingerprint density at radius 2 is 1.61 bits per heavy atom. The number of pyridine rings is 1. The first kappa shape index (κ1) is 20.8. The fraction of sp³-hybridized carbons (Fsp3) is 0.333. The topological polar surface area (TPSA) is 68.8 Å². The molecule has 31 heavy (non-hydrogen) atoms. The van der Waals surface area contributed by atoms with Crippen LogP contribution < -0.4 is 0 Å². The van der Waals surface area contributed by atoms with Crippen molar-refractivity contribution in [2.24, 2.45) is 14.1 Å². The number of fused-ring (bicyclic) bond motifs is 1. The summed E-state index contributed by atoms with van der Waals surface area (Å²) in [5, 5.41) is 9.81. The third kappa shape index (κ3) is 3.60. The van der Waals surface area contributed by atoms with Crippen LogP contribution in [0.4, 0.5) is 0 Å². The SMILES string of the molecule is Cc1ccc(-c2cc(C(=O)N(C)Cc3c(C)nn(C)c3C)c3c(C)nn(C)c3n2)cc1. The maximum absolute atomic E-state index is 13.6. The maximum atomic E-state index is 13.6. The number of aromatic nitrogens is 5. The third-order valence-electron chi connectivity index (χ3n) is 5.95. The largest absolute Gasteiger partial charge is 0.337 e. The predicted octanol–water partition coefficient (Wildman–Crippen LogP) is 3.87. The Kier molecular flexibility index (Phi) is 5.13. The van der Waals surface area contributed by atoms with Crippen molar-refractivity contribution in [2.75, 3.05) is 7.05 Å². The van der Waals surface area contributed by atoms with Gasteiger partial charge in [-0.05, 0) is 33.8 Å². The molecule has 160 valence electrons. The van der Waals surface area contributed by atoms with Crippen LogP contribution in [0.15, 0.2) is 30.3 Å². The Bertz CT molecular complexity index is 1300. The molecule has 0 aliphatic heterocycles. The van der Waals surface area contributed by atoms with Crippen LogP contribution in [0.2, 0.25) is 0 Å². The van der Waals surface area contributed by atoms with E-state index in [9.17, 15) is 4.79 Å². The zero-order valence-corrected chi connectivity index (χ0v) is 19.2. The van der Waals surface area contributed by atoms with Gasteiger partial charge in [0.05, 0.1) is 28.0 Å². The van der Waals surface area contributed by atoms with Gasteiger partial charge >= 0.3 is 0 Å². The number of aryl methyl sites for hydroxylation is 5. The molecule has 1 aromatic carbocycles. The minimum Gasteiger partial charge on any atom is -0.337 e. The van der Waals surface area contributed by atoms with E-state index in [1.54, 1.807) is 9.58 Å². The van der Waals surface area contributed by atoms with Crippen molar-refractivity contribution in [1.29, 1.82) is 0 Å². The first-order chi connectivity index (χ1) is 14.7. The molecule has 1 amide bonds. The van der Waals surface area contributed by atoms with E-state index >= 15 is 0 Å². The lowest BCUT2D eigenvalue weighted by Crippen LogP contribution is -2.27. The second kappa shape index (κ2) is 7.65. The smallest absolute Gasteiger partial charge is 0.254 e. The zero-order valence-electron chi connectivity index (χ0n) is 19.2. The first-order valence-electron chi connectivity index (χ1n) is 10.3. The van der Waals surface area contributed by atoms with E-state index in [-0.39, 0.29) is 5.91 Å². The summed E-state index contributed by atoms with van der Waals surface area (Å²) < 4.78 is 3.60. The molecular weight excluding hydrogens is 388 g/mol. The van der Waals surface area contributed by atoms with Gasteiger partial charge in [-0.3, -0.25) is 14.2 Å². The summed E-state index contributed by atoms with van der Waals surface area (Å²) in [6.07, 6.45) is 0. The fourth-order valence-electron chi connectivity index (χ4n) is 4.05. The van der Waals surface area contributed by atoms with Gasteiger partial charge in [0.1, 0.15) is 0 Å². The lowest BCUT2D eigenvalue weighted by Gasteiger charge is -2.19. The van der Waals surface area contributed by atoms with E-state index in [1.165, 1.54) is 5.56 Å². The number of benzene rings is 1. The van der Waals surface area contributed by atoms with E-state index in [1.807, 2.05) is 64.8 Å². The normalized spacial score (nSPS) is 11.3. The molecule has 0 fully saturated rings. The van der Waals surface area contributed by atoms with Crippen LogP contribution in [0, 0.1) is 27.7 Å². The van der Waals surface area contributed by atoms with Gasteiger partial charge in [-0.1, -0.05) is 29.8 Å². The maximum Gasteiger partial charge on any atom is 0.254 e. The van der Waals surface area contributed by atoms with E-state index in [2.05, 4.69) is 29.3 Å². The lowest BCUT2D eigenvalue weighted by molar-refractivity contribution is 0.0786. The number of hydrogen-bond acceptors (Lipinski definition) is 4. The average Bonchev–Trinajstić information content (AvgIpc) is 3.16. The Morgan fingerprint density at radius 3 is 2.23 bits per heavy atom. The molecule has 4 aromatic rings. The Morgan fingerprint density at radius 1 is 0.968 bits per heavy atom. The molecule has 0 spiro atoms. The van der Waals surface area contributed by atoms with Gasteiger partial charge in [0.2, 0.25) is 0 Å². The van der Waals surface area contributed by atoms with Crippen molar-refractivity contribution >= 4 is 16.9 Å². The molecule has 7 heteroatoms. The molecule has 0 aliphatic rings. The monoisotopic (exact) mass is 416 g/mol. The molecule has 4 rings (SSSR count). The number of rotatable bonds is 4. The summed E-state index contributed by atoms with van der Waals surface area (Å²) in [5.41, 5.74) is 8.12. The van der Waals surface area contributed by atoms with Crippen molar-refractivity contribution < 1.29 is 4.79 Å². The minimum absolute atomic E-state index is 0.0560. The molecule has 0 saturated heterocycles. The van der Waals surface area contributed by atoms with E-state index < -0.39 is 0 Å². The molecule has 0 saturated carbocycles. The van der Waals surface area contributed by atoms with Gasteiger partial charge in [-0.2, -0.15) is 10.2 Å². The molecule has 0 radical (unpaired) electrons. The molecule has 3 heterocycles. The predicted molar refractivity (Wildman–Crippen MR) is 122 cm³/mol. The van der Waals surface area contributed by atoms with Crippen LogP contribution in [-0.4, -0.2) is 42.4 Å². The Labute approximate surface area is 182 Å². The van der Waals surface area contributed by atoms with Crippen molar-refractivity contribution in [3.05, 3.63) is 64.1 Å². The summed E-state index contributed by atoms with van der Waals surface area (Å²) in [6, 6.07) is 10.1. The summed E-state index contributed by atoms with van der Waals surface area (Å²) in [7, 11) is 5.62. The molecule has 0 atom stereocenters. The Balaban J connectivity index is 1.81.